The number of carbonyl (C=O) groups excluding carboxylic acids is 1. The zero-order chi connectivity index (χ0) is 17.4. The molecule has 1 aliphatic carbocycles. The third-order valence-corrected chi connectivity index (χ3v) is 4.66. The van der Waals surface area contributed by atoms with Crippen LogP contribution in [0.15, 0.2) is 18.2 Å². The summed E-state index contributed by atoms with van der Waals surface area (Å²) in [4.78, 5) is 12.7. The van der Waals surface area contributed by atoms with Crippen LogP contribution in [0.2, 0.25) is 5.02 Å². The molecule has 6 heteroatoms. The van der Waals surface area contributed by atoms with Gasteiger partial charge in [0, 0.05) is 23.5 Å². The van der Waals surface area contributed by atoms with Crippen molar-refractivity contribution < 1.29 is 14.3 Å². The van der Waals surface area contributed by atoms with Crippen molar-refractivity contribution in [1.29, 1.82) is 0 Å². The molecule has 128 valence electrons. The Balaban J connectivity index is 1.90. The van der Waals surface area contributed by atoms with Crippen LogP contribution in [0.5, 0.6) is 11.5 Å². The van der Waals surface area contributed by atoms with Gasteiger partial charge in [-0.25, -0.2) is 0 Å². The van der Waals surface area contributed by atoms with E-state index >= 15 is 0 Å². The molecule has 1 fully saturated rings. The topological polar surface area (TPSA) is 52.5 Å². The number of benzene rings is 1. The molecule has 5 nitrogen and oxygen atoms in total. The number of methoxy groups -OCH3 is 2. The van der Waals surface area contributed by atoms with Gasteiger partial charge in [0.2, 0.25) is 0 Å². The molecule has 1 aromatic carbocycles. The minimum Gasteiger partial charge on any atom is -0.495 e. The number of amides is 1. The fourth-order valence-corrected chi connectivity index (χ4v) is 3.29. The first-order chi connectivity index (χ1) is 11.5. The predicted molar refractivity (Wildman–Crippen MR) is 94.7 cm³/mol. The van der Waals surface area contributed by atoms with Crippen LogP contribution in [-0.4, -0.2) is 24.7 Å². The molecule has 0 aliphatic heterocycles. The molecule has 0 unspecified atom stereocenters. The maximum absolute atomic E-state index is 12.7. The second-order valence-electron chi connectivity index (χ2n) is 6.03. The number of halogens is 1. The van der Waals surface area contributed by atoms with Gasteiger partial charge < -0.3 is 19.4 Å². The molecule has 1 heterocycles. The van der Waals surface area contributed by atoms with Crippen molar-refractivity contribution >= 4 is 23.2 Å². The highest BCUT2D eigenvalue weighted by atomic mass is 35.5. The summed E-state index contributed by atoms with van der Waals surface area (Å²) in [5, 5.41) is 3.31. The molecule has 0 atom stereocenters. The van der Waals surface area contributed by atoms with Crippen molar-refractivity contribution in [2.24, 2.45) is 0 Å². The van der Waals surface area contributed by atoms with Crippen LogP contribution in [0.3, 0.4) is 0 Å². The molecule has 24 heavy (non-hydrogen) atoms. The Bertz CT molecular complexity index is 794. The zero-order valence-corrected chi connectivity index (χ0v) is 15.0. The SMILES string of the molecule is COc1cc(OC)c(NC(=O)c2cc(C)n(C3CC3)c2C)cc1Cl. The molecule has 0 bridgehead atoms. The van der Waals surface area contributed by atoms with Crippen LogP contribution in [0.4, 0.5) is 5.69 Å². The molecule has 0 saturated heterocycles. The molecular formula is C18H21ClN2O3. The molecule has 1 N–H and O–H groups in total. The van der Waals surface area contributed by atoms with E-state index in [9.17, 15) is 4.79 Å². The molecule has 0 radical (unpaired) electrons. The molecule has 3 rings (SSSR count). The van der Waals surface area contributed by atoms with E-state index < -0.39 is 0 Å². The van der Waals surface area contributed by atoms with Gasteiger partial charge in [-0.3, -0.25) is 4.79 Å². The fraction of sp³-hybridized carbons (Fsp3) is 0.389. The molecule has 2 aromatic rings. The minimum atomic E-state index is -0.172. The quantitative estimate of drug-likeness (QED) is 0.873. The normalized spacial score (nSPS) is 13.7. The van der Waals surface area contributed by atoms with E-state index in [1.807, 2.05) is 19.9 Å². The van der Waals surface area contributed by atoms with Gasteiger partial charge in [0.05, 0.1) is 30.5 Å². The second-order valence-corrected chi connectivity index (χ2v) is 6.43. The molecule has 1 aliphatic rings. The van der Waals surface area contributed by atoms with Crippen LogP contribution in [0, 0.1) is 13.8 Å². The number of nitrogens with one attached hydrogen (secondary N) is 1. The number of aryl methyl sites for hydroxylation is 1. The highest BCUT2D eigenvalue weighted by Crippen LogP contribution is 2.39. The summed E-state index contributed by atoms with van der Waals surface area (Å²) in [6.45, 7) is 4.02. The monoisotopic (exact) mass is 348 g/mol. The molecular weight excluding hydrogens is 328 g/mol. The molecule has 1 aromatic heterocycles. The van der Waals surface area contributed by atoms with Crippen molar-refractivity contribution in [2.75, 3.05) is 19.5 Å². The Morgan fingerprint density at radius 2 is 1.83 bits per heavy atom. The zero-order valence-electron chi connectivity index (χ0n) is 14.3. The van der Waals surface area contributed by atoms with Crippen molar-refractivity contribution in [3.8, 4) is 11.5 Å². The summed E-state index contributed by atoms with van der Waals surface area (Å²) in [5.74, 6) is 0.827. The molecule has 1 saturated carbocycles. The summed E-state index contributed by atoms with van der Waals surface area (Å²) in [6, 6.07) is 5.76. The van der Waals surface area contributed by atoms with E-state index in [1.54, 1.807) is 12.1 Å². The summed E-state index contributed by atoms with van der Waals surface area (Å²) < 4.78 is 12.7. The molecule has 1 amide bonds. The van der Waals surface area contributed by atoms with Crippen molar-refractivity contribution in [2.45, 2.75) is 32.7 Å². The van der Waals surface area contributed by atoms with Crippen LogP contribution in [0.25, 0.3) is 0 Å². The number of nitrogens with zero attached hydrogens (tertiary/aromatic N) is 1. The number of aromatic nitrogens is 1. The lowest BCUT2D eigenvalue weighted by Gasteiger charge is -2.13. The Morgan fingerprint density at radius 3 is 2.42 bits per heavy atom. The first-order valence-electron chi connectivity index (χ1n) is 7.87. The van der Waals surface area contributed by atoms with Gasteiger partial charge in [0.25, 0.3) is 5.91 Å². The largest absolute Gasteiger partial charge is 0.495 e. The Morgan fingerprint density at radius 1 is 1.17 bits per heavy atom. The lowest BCUT2D eigenvalue weighted by molar-refractivity contribution is 0.102. The number of ether oxygens (including phenoxy) is 2. The van der Waals surface area contributed by atoms with Gasteiger partial charge >= 0.3 is 0 Å². The average molecular weight is 349 g/mol. The van der Waals surface area contributed by atoms with Crippen LogP contribution < -0.4 is 14.8 Å². The number of hydrogen-bond acceptors (Lipinski definition) is 3. The second kappa shape index (κ2) is 6.40. The van der Waals surface area contributed by atoms with Gasteiger partial charge in [0.1, 0.15) is 11.5 Å². The maximum Gasteiger partial charge on any atom is 0.257 e. The van der Waals surface area contributed by atoms with Crippen molar-refractivity contribution in [1.82, 2.24) is 4.57 Å². The first-order valence-corrected chi connectivity index (χ1v) is 8.25. The van der Waals surface area contributed by atoms with Crippen molar-refractivity contribution in [3.63, 3.8) is 0 Å². The van der Waals surface area contributed by atoms with E-state index in [0.717, 1.165) is 11.4 Å². The third-order valence-electron chi connectivity index (χ3n) is 4.36. The Labute approximate surface area is 146 Å². The first kappa shape index (κ1) is 16.7. The lowest BCUT2D eigenvalue weighted by atomic mass is 10.2. The van der Waals surface area contributed by atoms with E-state index in [1.165, 1.54) is 27.1 Å². The summed E-state index contributed by atoms with van der Waals surface area (Å²) in [6.07, 6.45) is 2.36. The van der Waals surface area contributed by atoms with Gasteiger partial charge in [-0.1, -0.05) is 11.6 Å². The summed E-state index contributed by atoms with van der Waals surface area (Å²) >= 11 is 6.16. The number of hydrogen-bond donors (Lipinski definition) is 1. The molecule has 0 spiro atoms. The average Bonchev–Trinajstić information content (AvgIpc) is 3.33. The Hall–Kier alpha value is -2.14. The fourth-order valence-electron chi connectivity index (χ4n) is 3.05. The van der Waals surface area contributed by atoms with Crippen LogP contribution in [-0.2, 0) is 0 Å². The van der Waals surface area contributed by atoms with Gasteiger partial charge in [-0.15, -0.1) is 0 Å². The van der Waals surface area contributed by atoms with E-state index in [2.05, 4.69) is 9.88 Å². The minimum absolute atomic E-state index is 0.172. The third kappa shape index (κ3) is 2.96. The highest BCUT2D eigenvalue weighted by Gasteiger charge is 2.28. The lowest BCUT2D eigenvalue weighted by Crippen LogP contribution is -2.14. The van der Waals surface area contributed by atoms with Crippen molar-refractivity contribution in [3.05, 3.63) is 40.2 Å². The summed E-state index contributed by atoms with van der Waals surface area (Å²) in [7, 11) is 3.07. The number of carbonyl (C=O) groups is 1. The number of rotatable bonds is 5. The van der Waals surface area contributed by atoms with Gasteiger partial charge in [-0.2, -0.15) is 0 Å². The maximum atomic E-state index is 12.7. The van der Waals surface area contributed by atoms with E-state index in [4.69, 9.17) is 21.1 Å². The highest BCUT2D eigenvalue weighted by molar-refractivity contribution is 6.32. The van der Waals surface area contributed by atoms with E-state index in [0.29, 0.717) is 33.8 Å². The summed E-state index contributed by atoms with van der Waals surface area (Å²) in [5.41, 5.74) is 3.30. The van der Waals surface area contributed by atoms with Gasteiger partial charge in [0.15, 0.2) is 0 Å². The van der Waals surface area contributed by atoms with Crippen LogP contribution in [0.1, 0.15) is 40.6 Å². The van der Waals surface area contributed by atoms with Gasteiger partial charge in [-0.05, 0) is 38.8 Å². The Kier molecular flexibility index (Phi) is 4.45. The van der Waals surface area contributed by atoms with Crippen LogP contribution >= 0.6 is 11.6 Å². The standard InChI is InChI=1S/C18H21ClN2O3/c1-10-7-13(11(2)21(10)12-5-6-12)18(22)20-15-8-14(19)16(23-3)9-17(15)24-4/h7-9,12H,5-6H2,1-4H3,(H,20,22). The smallest absolute Gasteiger partial charge is 0.257 e. The predicted octanol–water partition coefficient (Wildman–Crippen LogP) is 4.36. The van der Waals surface area contributed by atoms with E-state index in [-0.39, 0.29) is 5.91 Å². The number of anilines is 1.